The molecule has 0 saturated carbocycles. The van der Waals surface area contributed by atoms with Crippen LogP contribution in [0, 0.1) is 17.2 Å². The van der Waals surface area contributed by atoms with Crippen molar-refractivity contribution in [2.24, 2.45) is 5.92 Å². The van der Waals surface area contributed by atoms with Gasteiger partial charge in [-0.3, -0.25) is 4.79 Å². The first kappa shape index (κ1) is 12.0. The van der Waals surface area contributed by atoms with Crippen LogP contribution in [0.1, 0.15) is 26.7 Å². The molecule has 1 rings (SSSR count). The maximum Gasteiger partial charge on any atom is 0.239 e. The van der Waals surface area contributed by atoms with E-state index in [-0.39, 0.29) is 18.1 Å². The Morgan fingerprint density at radius 2 is 2.40 bits per heavy atom. The lowest BCUT2D eigenvalue weighted by molar-refractivity contribution is -0.135. The fourth-order valence-electron chi connectivity index (χ4n) is 1.96. The molecule has 1 fully saturated rings. The van der Waals surface area contributed by atoms with Crippen LogP contribution in [0.2, 0.25) is 0 Å². The molecule has 1 saturated heterocycles. The van der Waals surface area contributed by atoms with Gasteiger partial charge in [0.15, 0.2) is 0 Å². The molecule has 1 aliphatic rings. The zero-order valence-corrected chi connectivity index (χ0v) is 9.56. The minimum atomic E-state index is -0.511. The SMILES string of the molecule is CCC(C#N)C(=O)N(C)C1CCOC1C. The Morgan fingerprint density at radius 3 is 2.80 bits per heavy atom. The third kappa shape index (κ3) is 2.48. The molecular formula is C11H18N2O2. The van der Waals surface area contributed by atoms with Crippen LogP contribution in [0.4, 0.5) is 0 Å². The highest BCUT2D eigenvalue weighted by atomic mass is 16.5. The molecule has 0 aromatic rings. The van der Waals surface area contributed by atoms with Gasteiger partial charge >= 0.3 is 0 Å². The van der Waals surface area contributed by atoms with Crippen LogP contribution in [0.5, 0.6) is 0 Å². The Labute approximate surface area is 90.8 Å². The standard InChI is InChI=1S/C11H18N2O2/c1-4-9(7-12)11(14)13(3)10-5-6-15-8(10)2/h8-10H,4-6H2,1-3H3. The van der Waals surface area contributed by atoms with Crippen molar-refractivity contribution in [2.75, 3.05) is 13.7 Å². The number of carbonyl (C=O) groups is 1. The summed E-state index contributed by atoms with van der Waals surface area (Å²) in [6.45, 7) is 4.52. The monoisotopic (exact) mass is 210 g/mol. The van der Waals surface area contributed by atoms with Gasteiger partial charge in [-0.1, -0.05) is 6.92 Å². The summed E-state index contributed by atoms with van der Waals surface area (Å²) in [6, 6.07) is 2.16. The van der Waals surface area contributed by atoms with E-state index < -0.39 is 5.92 Å². The molecule has 0 aromatic heterocycles. The predicted molar refractivity (Wildman–Crippen MR) is 56.0 cm³/mol. The summed E-state index contributed by atoms with van der Waals surface area (Å²) in [5.74, 6) is -0.592. The summed E-state index contributed by atoms with van der Waals surface area (Å²) in [6.07, 6.45) is 1.52. The van der Waals surface area contributed by atoms with E-state index in [1.54, 1.807) is 11.9 Å². The molecule has 1 aliphatic heterocycles. The Balaban J connectivity index is 2.63. The Hall–Kier alpha value is -1.08. The van der Waals surface area contributed by atoms with Crippen molar-refractivity contribution in [1.29, 1.82) is 5.26 Å². The zero-order valence-electron chi connectivity index (χ0n) is 9.56. The quantitative estimate of drug-likeness (QED) is 0.702. The molecule has 0 radical (unpaired) electrons. The molecule has 84 valence electrons. The Bertz CT molecular complexity index is 272. The molecule has 3 atom stereocenters. The molecule has 4 nitrogen and oxygen atoms in total. The van der Waals surface area contributed by atoms with Gasteiger partial charge in [0.05, 0.1) is 18.2 Å². The number of rotatable bonds is 3. The zero-order chi connectivity index (χ0) is 11.4. The summed E-state index contributed by atoms with van der Waals surface area (Å²) in [7, 11) is 1.76. The fraction of sp³-hybridized carbons (Fsp3) is 0.818. The van der Waals surface area contributed by atoms with Crippen molar-refractivity contribution in [3.63, 3.8) is 0 Å². The third-order valence-corrected chi connectivity index (χ3v) is 3.04. The highest BCUT2D eigenvalue weighted by Crippen LogP contribution is 2.20. The number of hydrogen-bond acceptors (Lipinski definition) is 3. The van der Waals surface area contributed by atoms with Crippen molar-refractivity contribution in [2.45, 2.75) is 38.8 Å². The van der Waals surface area contributed by atoms with Gasteiger partial charge in [0.2, 0.25) is 5.91 Å². The molecular weight excluding hydrogens is 192 g/mol. The summed E-state index contributed by atoms with van der Waals surface area (Å²) < 4.78 is 5.41. The second-order valence-corrected chi connectivity index (χ2v) is 3.97. The maximum absolute atomic E-state index is 11.9. The van der Waals surface area contributed by atoms with E-state index in [0.717, 1.165) is 6.42 Å². The van der Waals surface area contributed by atoms with Gasteiger partial charge in [0, 0.05) is 13.7 Å². The van der Waals surface area contributed by atoms with Crippen LogP contribution in [-0.4, -0.2) is 36.6 Å². The Kier molecular flexibility index (Phi) is 4.10. The normalized spacial score (nSPS) is 27.1. The summed E-state index contributed by atoms with van der Waals surface area (Å²) in [5.41, 5.74) is 0. The van der Waals surface area contributed by atoms with E-state index in [0.29, 0.717) is 13.0 Å². The lowest BCUT2D eigenvalue weighted by Gasteiger charge is -2.28. The molecule has 0 N–H and O–H groups in total. The van der Waals surface area contributed by atoms with E-state index in [2.05, 4.69) is 0 Å². The molecule has 1 amide bonds. The highest BCUT2D eigenvalue weighted by molar-refractivity contribution is 5.81. The van der Waals surface area contributed by atoms with Crippen molar-refractivity contribution in [3.8, 4) is 6.07 Å². The van der Waals surface area contributed by atoms with Crippen LogP contribution in [0.25, 0.3) is 0 Å². The summed E-state index contributed by atoms with van der Waals surface area (Å²) in [4.78, 5) is 13.6. The largest absolute Gasteiger partial charge is 0.376 e. The predicted octanol–water partition coefficient (Wildman–Crippen LogP) is 1.17. The van der Waals surface area contributed by atoms with Gasteiger partial charge in [-0.25, -0.2) is 0 Å². The first-order valence-electron chi connectivity index (χ1n) is 5.39. The molecule has 0 bridgehead atoms. The molecule has 0 aliphatic carbocycles. The summed E-state index contributed by atoms with van der Waals surface area (Å²) in [5, 5.41) is 8.83. The lowest BCUT2D eigenvalue weighted by Crippen LogP contribution is -2.43. The second-order valence-electron chi connectivity index (χ2n) is 3.97. The van der Waals surface area contributed by atoms with Crippen molar-refractivity contribution in [3.05, 3.63) is 0 Å². The molecule has 4 heteroatoms. The van der Waals surface area contributed by atoms with Crippen LogP contribution in [-0.2, 0) is 9.53 Å². The molecule has 3 unspecified atom stereocenters. The van der Waals surface area contributed by atoms with Crippen LogP contribution >= 0.6 is 0 Å². The van der Waals surface area contributed by atoms with E-state index in [1.165, 1.54) is 0 Å². The maximum atomic E-state index is 11.9. The topological polar surface area (TPSA) is 53.3 Å². The van der Waals surface area contributed by atoms with E-state index >= 15 is 0 Å². The van der Waals surface area contributed by atoms with Crippen LogP contribution < -0.4 is 0 Å². The number of nitrogens with zero attached hydrogens (tertiary/aromatic N) is 2. The number of nitriles is 1. The molecule has 0 aromatic carbocycles. The third-order valence-electron chi connectivity index (χ3n) is 3.04. The summed E-state index contributed by atoms with van der Waals surface area (Å²) >= 11 is 0. The van der Waals surface area contributed by atoms with Crippen molar-refractivity contribution >= 4 is 5.91 Å². The second kappa shape index (κ2) is 5.13. The number of amides is 1. The van der Waals surface area contributed by atoms with Crippen LogP contribution in [0.15, 0.2) is 0 Å². The smallest absolute Gasteiger partial charge is 0.239 e. The van der Waals surface area contributed by atoms with E-state index in [9.17, 15) is 4.79 Å². The van der Waals surface area contributed by atoms with Gasteiger partial charge in [0.1, 0.15) is 5.92 Å². The Morgan fingerprint density at radius 1 is 1.73 bits per heavy atom. The van der Waals surface area contributed by atoms with Gasteiger partial charge in [0.25, 0.3) is 0 Å². The minimum absolute atomic E-state index is 0.0788. The lowest BCUT2D eigenvalue weighted by atomic mass is 10.0. The number of carbonyl (C=O) groups excluding carboxylic acids is 1. The molecule has 1 heterocycles. The number of ether oxygens (including phenoxy) is 1. The number of hydrogen-bond donors (Lipinski definition) is 0. The van der Waals surface area contributed by atoms with E-state index in [1.807, 2.05) is 19.9 Å². The van der Waals surface area contributed by atoms with Gasteiger partial charge in [-0.05, 0) is 19.8 Å². The van der Waals surface area contributed by atoms with Crippen molar-refractivity contribution in [1.82, 2.24) is 4.90 Å². The average molecular weight is 210 g/mol. The van der Waals surface area contributed by atoms with Gasteiger partial charge in [-0.2, -0.15) is 5.26 Å². The highest BCUT2D eigenvalue weighted by Gasteiger charge is 2.32. The van der Waals surface area contributed by atoms with Crippen molar-refractivity contribution < 1.29 is 9.53 Å². The molecule has 0 spiro atoms. The van der Waals surface area contributed by atoms with Crippen LogP contribution in [0.3, 0.4) is 0 Å². The van der Waals surface area contributed by atoms with Gasteiger partial charge < -0.3 is 9.64 Å². The first-order chi connectivity index (χ1) is 7.11. The minimum Gasteiger partial charge on any atom is -0.376 e. The average Bonchev–Trinajstić information content (AvgIpc) is 2.65. The number of likely N-dealkylation sites (N-methyl/N-ethyl adjacent to an activating group) is 1. The first-order valence-corrected chi connectivity index (χ1v) is 5.39. The fourth-order valence-corrected chi connectivity index (χ4v) is 1.96. The van der Waals surface area contributed by atoms with E-state index in [4.69, 9.17) is 10.00 Å². The molecule has 15 heavy (non-hydrogen) atoms. The van der Waals surface area contributed by atoms with Gasteiger partial charge in [-0.15, -0.1) is 0 Å².